The highest BCUT2D eigenvalue weighted by Gasteiger charge is 2.08. The van der Waals surface area contributed by atoms with Gasteiger partial charge in [-0.05, 0) is 30.5 Å². The molecule has 0 heterocycles. The molecule has 1 rings (SSSR count). The number of hydrogen-bond donors (Lipinski definition) is 2. The Labute approximate surface area is 120 Å². The summed E-state index contributed by atoms with van der Waals surface area (Å²) < 4.78 is 10.7. The topological polar surface area (TPSA) is 73.6 Å². The fourth-order valence-corrected chi connectivity index (χ4v) is 1.67. The number of ether oxygens (including phenoxy) is 2. The SMILES string of the molecule is COc1ccc(CCN)c(OCC(=O)NCC(C)C)c1. The van der Waals surface area contributed by atoms with E-state index in [0.717, 1.165) is 5.56 Å². The Morgan fingerprint density at radius 3 is 2.75 bits per heavy atom. The molecule has 1 amide bonds. The van der Waals surface area contributed by atoms with Crippen molar-refractivity contribution in [1.82, 2.24) is 5.32 Å². The first-order valence-electron chi connectivity index (χ1n) is 6.83. The van der Waals surface area contributed by atoms with E-state index >= 15 is 0 Å². The first-order chi connectivity index (χ1) is 9.56. The summed E-state index contributed by atoms with van der Waals surface area (Å²) >= 11 is 0. The molecule has 112 valence electrons. The normalized spacial score (nSPS) is 10.4. The maximum Gasteiger partial charge on any atom is 0.257 e. The van der Waals surface area contributed by atoms with Crippen LogP contribution in [-0.4, -0.2) is 32.7 Å². The molecular formula is C15H24N2O3. The summed E-state index contributed by atoms with van der Waals surface area (Å²) in [6.45, 7) is 5.26. The fourth-order valence-electron chi connectivity index (χ4n) is 1.67. The van der Waals surface area contributed by atoms with Gasteiger partial charge in [0.25, 0.3) is 5.91 Å². The summed E-state index contributed by atoms with van der Waals surface area (Å²) in [6, 6.07) is 5.55. The molecule has 0 saturated heterocycles. The fraction of sp³-hybridized carbons (Fsp3) is 0.533. The summed E-state index contributed by atoms with van der Waals surface area (Å²) in [5, 5.41) is 2.81. The van der Waals surface area contributed by atoms with Crippen LogP contribution in [0.2, 0.25) is 0 Å². The smallest absolute Gasteiger partial charge is 0.257 e. The lowest BCUT2D eigenvalue weighted by molar-refractivity contribution is -0.123. The molecule has 0 aliphatic carbocycles. The number of methoxy groups -OCH3 is 1. The number of rotatable bonds is 8. The molecule has 0 aromatic heterocycles. The second kappa shape index (κ2) is 8.43. The van der Waals surface area contributed by atoms with E-state index in [-0.39, 0.29) is 12.5 Å². The molecule has 3 N–H and O–H groups in total. The Morgan fingerprint density at radius 1 is 1.40 bits per heavy atom. The van der Waals surface area contributed by atoms with E-state index in [1.807, 2.05) is 26.0 Å². The Balaban J connectivity index is 2.62. The van der Waals surface area contributed by atoms with Crippen LogP contribution in [0, 0.1) is 5.92 Å². The van der Waals surface area contributed by atoms with Crippen LogP contribution in [-0.2, 0) is 11.2 Å². The summed E-state index contributed by atoms with van der Waals surface area (Å²) in [7, 11) is 1.59. The van der Waals surface area contributed by atoms with E-state index in [1.165, 1.54) is 0 Å². The molecule has 0 atom stereocenters. The van der Waals surface area contributed by atoms with E-state index in [0.29, 0.717) is 36.9 Å². The van der Waals surface area contributed by atoms with E-state index in [2.05, 4.69) is 5.32 Å². The standard InChI is InChI=1S/C15H24N2O3/c1-11(2)9-17-15(18)10-20-14-8-13(19-3)5-4-12(14)6-7-16/h4-5,8,11H,6-7,9-10,16H2,1-3H3,(H,17,18). The first kappa shape index (κ1) is 16.3. The van der Waals surface area contributed by atoms with E-state index in [4.69, 9.17) is 15.2 Å². The average molecular weight is 280 g/mol. The van der Waals surface area contributed by atoms with E-state index in [1.54, 1.807) is 13.2 Å². The molecule has 0 aliphatic heterocycles. The number of hydrogen-bond acceptors (Lipinski definition) is 4. The highest BCUT2D eigenvalue weighted by atomic mass is 16.5. The van der Waals surface area contributed by atoms with Gasteiger partial charge in [-0.25, -0.2) is 0 Å². The molecule has 0 bridgehead atoms. The van der Waals surface area contributed by atoms with Gasteiger partial charge >= 0.3 is 0 Å². The number of carbonyl (C=O) groups is 1. The number of amides is 1. The van der Waals surface area contributed by atoms with Gasteiger partial charge in [0.15, 0.2) is 6.61 Å². The Hall–Kier alpha value is -1.75. The second-order valence-electron chi connectivity index (χ2n) is 5.00. The third-order valence-corrected chi connectivity index (χ3v) is 2.75. The largest absolute Gasteiger partial charge is 0.497 e. The van der Waals surface area contributed by atoms with Crippen LogP contribution < -0.4 is 20.5 Å². The van der Waals surface area contributed by atoms with Crippen LogP contribution in [0.1, 0.15) is 19.4 Å². The zero-order valence-corrected chi connectivity index (χ0v) is 12.4. The summed E-state index contributed by atoms with van der Waals surface area (Å²) in [4.78, 5) is 11.7. The predicted octanol–water partition coefficient (Wildman–Crippen LogP) is 1.35. The van der Waals surface area contributed by atoms with Crippen molar-refractivity contribution in [2.24, 2.45) is 11.7 Å². The van der Waals surface area contributed by atoms with Crippen molar-refractivity contribution in [2.75, 3.05) is 26.8 Å². The third-order valence-electron chi connectivity index (χ3n) is 2.75. The molecule has 0 radical (unpaired) electrons. The molecule has 0 spiro atoms. The van der Waals surface area contributed by atoms with Crippen molar-refractivity contribution in [2.45, 2.75) is 20.3 Å². The van der Waals surface area contributed by atoms with E-state index in [9.17, 15) is 4.79 Å². The van der Waals surface area contributed by atoms with E-state index < -0.39 is 0 Å². The van der Waals surface area contributed by atoms with Crippen LogP contribution in [0.25, 0.3) is 0 Å². The predicted molar refractivity (Wildman–Crippen MR) is 79.1 cm³/mol. The Morgan fingerprint density at radius 2 is 2.15 bits per heavy atom. The minimum atomic E-state index is -0.125. The summed E-state index contributed by atoms with van der Waals surface area (Å²) in [5.74, 6) is 1.64. The molecule has 0 unspecified atom stereocenters. The summed E-state index contributed by atoms with van der Waals surface area (Å²) in [5.41, 5.74) is 6.55. The van der Waals surface area contributed by atoms with Crippen molar-refractivity contribution < 1.29 is 14.3 Å². The van der Waals surface area contributed by atoms with Gasteiger partial charge in [0.1, 0.15) is 11.5 Å². The van der Waals surface area contributed by atoms with Gasteiger partial charge in [-0.15, -0.1) is 0 Å². The quantitative estimate of drug-likeness (QED) is 0.754. The maximum absolute atomic E-state index is 11.7. The Bertz CT molecular complexity index is 433. The molecular weight excluding hydrogens is 256 g/mol. The van der Waals surface area contributed by atoms with Gasteiger partial charge in [-0.3, -0.25) is 4.79 Å². The summed E-state index contributed by atoms with van der Waals surface area (Å²) in [6.07, 6.45) is 0.701. The van der Waals surface area contributed by atoms with Gasteiger partial charge in [-0.1, -0.05) is 19.9 Å². The average Bonchev–Trinajstić information content (AvgIpc) is 2.44. The lowest BCUT2D eigenvalue weighted by Gasteiger charge is -2.13. The highest BCUT2D eigenvalue weighted by Crippen LogP contribution is 2.25. The van der Waals surface area contributed by atoms with Crippen molar-refractivity contribution in [1.29, 1.82) is 0 Å². The highest BCUT2D eigenvalue weighted by molar-refractivity contribution is 5.77. The first-order valence-corrected chi connectivity index (χ1v) is 6.83. The molecule has 5 heteroatoms. The molecule has 0 saturated carbocycles. The number of nitrogens with two attached hydrogens (primary N) is 1. The molecule has 1 aromatic rings. The van der Waals surface area contributed by atoms with Crippen molar-refractivity contribution in [3.8, 4) is 11.5 Å². The molecule has 5 nitrogen and oxygen atoms in total. The van der Waals surface area contributed by atoms with Crippen molar-refractivity contribution >= 4 is 5.91 Å². The van der Waals surface area contributed by atoms with Crippen LogP contribution in [0.15, 0.2) is 18.2 Å². The molecule has 20 heavy (non-hydrogen) atoms. The monoisotopic (exact) mass is 280 g/mol. The van der Waals surface area contributed by atoms with Crippen LogP contribution >= 0.6 is 0 Å². The molecule has 0 aliphatic rings. The third kappa shape index (κ3) is 5.48. The van der Waals surface area contributed by atoms with Gasteiger partial charge in [0.05, 0.1) is 7.11 Å². The molecule has 0 fully saturated rings. The van der Waals surface area contributed by atoms with Crippen molar-refractivity contribution in [3.63, 3.8) is 0 Å². The second-order valence-corrected chi connectivity index (χ2v) is 5.00. The minimum Gasteiger partial charge on any atom is -0.497 e. The lowest BCUT2D eigenvalue weighted by Crippen LogP contribution is -2.31. The number of benzene rings is 1. The van der Waals surface area contributed by atoms with Gasteiger partial charge in [-0.2, -0.15) is 0 Å². The Kier molecular flexibility index (Phi) is 6.87. The van der Waals surface area contributed by atoms with Crippen LogP contribution in [0.3, 0.4) is 0 Å². The van der Waals surface area contributed by atoms with Crippen LogP contribution in [0.4, 0.5) is 0 Å². The van der Waals surface area contributed by atoms with Gasteiger partial charge in [0.2, 0.25) is 0 Å². The zero-order chi connectivity index (χ0) is 15.0. The lowest BCUT2D eigenvalue weighted by atomic mass is 10.1. The molecule has 1 aromatic carbocycles. The van der Waals surface area contributed by atoms with Gasteiger partial charge in [0, 0.05) is 12.6 Å². The minimum absolute atomic E-state index is 0.00252. The number of nitrogens with one attached hydrogen (secondary N) is 1. The van der Waals surface area contributed by atoms with Crippen LogP contribution in [0.5, 0.6) is 11.5 Å². The maximum atomic E-state index is 11.7. The zero-order valence-electron chi connectivity index (χ0n) is 12.4. The van der Waals surface area contributed by atoms with Crippen molar-refractivity contribution in [3.05, 3.63) is 23.8 Å². The van der Waals surface area contributed by atoms with Gasteiger partial charge < -0.3 is 20.5 Å². The number of carbonyl (C=O) groups excluding carboxylic acids is 1.